The molecule has 4 nitrogen and oxygen atoms in total. The van der Waals surface area contributed by atoms with E-state index in [0.29, 0.717) is 17.9 Å². The molecule has 0 saturated carbocycles. The molecular weight excluding hydrogens is 362 g/mol. The average molecular weight is 387 g/mol. The van der Waals surface area contributed by atoms with Crippen molar-refractivity contribution in [2.24, 2.45) is 11.8 Å². The Kier molecular flexibility index (Phi) is 6.49. The Morgan fingerprint density at radius 2 is 2.04 bits per heavy atom. The fourth-order valence-electron chi connectivity index (χ4n) is 4.43. The lowest BCUT2D eigenvalue weighted by atomic mass is 9.89. The number of likely N-dealkylation sites (tertiary alicyclic amines) is 2. The van der Waals surface area contributed by atoms with Gasteiger partial charge < -0.3 is 4.98 Å². The van der Waals surface area contributed by atoms with Gasteiger partial charge in [-0.3, -0.25) is 9.80 Å². The van der Waals surface area contributed by atoms with Crippen LogP contribution in [0.4, 0.5) is 4.39 Å². The number of nitrogens with zero attached hydrogens (tertiary/aromatic N) is 3. The molecule has 2 aliphatic rings. The van der Waals surface area contributed by atoms with Gasteiger partial charge >= 0.3 is 0 Å². The van der Waals surface area contributed by atoms with Crippen LogP contribution < -0.4 is 0 Å². The van der Waals surface area contributed by atoms with E-state index in [9.17, 15) is 4.39 Å². The molecule has 4 rings (SSSR count). The molecule has 2 saturated heterocycles. The van der Waals surface area contributed by atoms with Crippen LogP contribution >= 0.6 is 24.8 Å². The molecule has 0 radical (unpaired) electrons. The summed E-state index contributed by atoms with van der Waals surface area (Å²) in [4.78, 5) is 12.5. The second-order valence-electron chi connectivity index (χ2n) is 7.03. The number of imidazole rings is 1. The number of nitrogens with one attached hydrogen (secondary N) is 1. The Morgan fingerprint density at radius 1 is 1.24 bits per heavy atom. The number of H-pyrrole nitrogens is 1. The predicted octanol–water partition coefficient (Wildman–Crippen LogP) is 3.44. The van der Waals surface area contributed by atoms with E-state index in [1.165, 1.54) is 6.07 Å². The highest BCUT2D eigenvalue weighted by Crippen LogP contribution is 2.44. The number of halogens is 3. The predicted molar refractivity (Wildman–Crippen MR) is 102 cm³/mol. The number of aromatic nitrogens is 2. The Hall–Kier alpha value is -1.14. The Labute approximate surface area is 160 Å². The summed E-state index contributed by atoms with van der Waals surface area (Å²) in [6.45, 7) is 6.22. The molecule has 0 spiro atoms. The number of aryl methyl sites for hydroxylation is 1. The van der Waals surface area contributed by atoms with Crippen molar-refractivity contribution < 1.29 is 4.39 Å². The van der Waals surface area contributed by atoms with Crippen LogP contribution in [0.5, 0.6) is 0 Å². The number of benzene rings is 1. The minimum Gasteiger partial charge on any atom is -0.348 e. The quantitative estimate of drug-likeness (QED) is 0.877. The van der Waals surface area contributed by atoms with E-state index >= 15 is 0 Å². The highest BCUT2D eigenvalue weighted by Gasteiger charge is 2.46. The van der Waals surface area contributed by atoms with Gasteiger partial charge in [0, 0.05) is 37.9 Å². The summed E-state index contributed by atoms with van der Waals surface area (Å²) >= 11 is 0. The first-order chi connectivity index (χ1) is 11.1. The normalized spacial score (nSPS) is 26.1. The van der Waals surface area contributed by atoms with E-state index in [1.807, 2.05) is 6.07 Å². The van der Waals surface area contributed by atoms with Crippen molar-refractivity contribution in [3.05, 3.63) is 53.4 Å². The van der Waals surface area contributed by atoms with Crippen molar-refractivity contribution in [1.82, 2.24) is 19.8 Å². The summed E-state index contributed by atoms with van der Waals surface area (Å²) in [5, 5.41) is 0. The van der Waals surface area contributed by atoms with Crippen molar-refractivity contribution in [3.8, 4) is 0 Å². The van der Waals surface area contributed by atoms with Gasteiger partial charge in [-0.15, -0.1) is 24.8 Å². The summed E-state index contributed by atoms with van der Waals surface area (Å²) in [7, 11) is 2.16. The van der Waals surface area contributed by atoms with Crippen LogP contribution in [0.1, 0.15) is 23.0 Å². The fraction of sp³-hybridized carbons (Fsp3) is 0.500. The van der Waals surface area contributed by atoms with Crippen LogP contribution in [-0.4, -0.2) is 46.4 Å². The summed E-state index contributed by atoms with van der Waals surface area (Å²) in [6, 6.07) is 7.43. The molecule has 3 heterocycles. The third-order valence-electron chi connectivity index (χ3n) is 5.47. The van der Waals surface area contributed by atoms with Gasteiger partial charge in [-0.1, -0.05) is 12.1 Å². The fourth-order valence-corrected chi connectivity index (χ4v) is 4.43. The molecule has 138 valence electrons. The van der Waals surface area contributed by atoms with Crippen LogP contribution in [0.2, 0.25) is 0 Å². The Morgan fingerprint density at radius 3 is 2.72 bits per heavy atom. The third-order valence-corrected chi connectivity index (χ3v) is 5.47. The molecule has 0 unspecified atom stereocenters. The van der Waals surface area contributed by atoms with Crippen LogP contribution in [0.15, 0.2) is 30.6 Å². The van der Waals surface area contributed by atoms with Crippen molar-refractivity contribution in [3.63, 3.8) is 0 Å². The van der Waals surface area contributed by atoms with Gasteiger partial charge in [0.15, 0.2) is 0 Å². The van der Waals surface area contributed by atoms with Gasteiger partial charge in [-0.05, 0) is 43.5 Å². The maximum atomic E-state index is 13.6. The van der Waals surface area contributed by atoms with Gasteiger partial charge in [0.1, 0.15) is 5.82 Å². The first-order valence-corrected chi connectivity index (χ1v) is 8.28. The minimum atomic E-state index is -0.138. The molecule has 3 atom stereocenters. The van der Waals surface area contributed by atoms with E-state index in [2.05, 4.69) is 39.8 Å². The lowest BCUT2D eigenvalue weighted by molar-refractivity contribution is 0.223. The van der Waals surface area contributed by atoms with Crippen molar-refractivity contribution >= 4 is 24.8 Å². The Balaban J connectivity index is 0.00000113. The number of fused-ring (bicyclic) bond motifs is 1. The van der Waals surface area contributed by atoms with Crippen molar-refractivity contribution in [2.45, 2.75) is 19.5 Å². The van der Waals surface area contributed by atoms with Gasteiger partial charge in [0.2, 0.25) is 0 Å². The molecular formula is C18H25Cl2FN4. The minimum absolute atomic E-state index is 0. The summed E-state index contributed by atoms with van der Waals surface area (Å²) in [6.07, 6.45) is 1.77. The second-order valence-corrected chi connectivity index (χ2v) is 7.03. The highest BCUT2D eigenvalue weighted by atomic mass is 35.5. The van der Waals surface area contributed by atoms with Crippen molar-refractivity contribution in [2.75, 3.05) is 26.7 Å². The molecule has 2 aliphatic heterocycles. The van der Waals surface area contributed by atoms with Gasteiger partial charge in [-0.25, -0.2) is 9.37 Å². The number of aromatic amines is 1. The molecule has 1 aromatic heterocycles. The van der Waals surface area contributed by atoms with E-state index in [1.54, 1.807) is 12.4 Å². The van der Waals surface area contributed by atoms with Crippen LogP contribution in [0.25, 0.3) is 0 Å². The molecule has 1 aromatic carbocycles. The van der Waals surface area contributed by atoms with E-state index in [0.717, 1.165) is 43.1 Å². The molecule has 25 heavy (non-hydrogen) atoms. The maximum Gasteiger partial charge on any atom is 0.123 e. The topological polar surface area (TPSA) is 35.2 Å². The molecule has 7 heteroatoms. The van der Waals surface area contributed by atoms with Gasteiger partial charge in [0.25, 0.3) is 0 Å². The summed E-state index contributed by atoms with van der Waals surface area (Å²) < 4.78 is 13.6. The number of hydrogen-bond donors (Lipinski definition) is 1. The van der Waals surface area contributed by atoms with E-state index in [-0.39, 0.29) is 30.6 Å². The average Bonchev–Trinajstić information content (AvgIpc) is 3.14. The largest absolute Gasteiger partial charge is 0.348 e. The molecule has 1 N–H and O–H groups in total. The Bertz CT molecular complexity index is 708. The maximum absolute atomic E-state index is 13.6. The number of rotatable bonds is 3. The molecule has 2 aromatic rings. The monoisotopic (exact) mass is 386 g/mol. The van der Waals surface area contributed by atoms with E-state index in [4.69, 9.17) is 0 Å². The van der Waals surface area contributed by atoms with Crippen LogP contribution in [0.3, 0.4) is 0 Å². The van der Waals surface area contributed by atoms with Gasteiger partial charge in [-0.2, -0.15) is 0 Å². The standard InChI is InChI=1S/C18H23FN4.2ClH/c1-12-17(21-11-20-12)10-23-8-14-7-22(2)18(16(14)9-23)13-4-3-5-15(19)6-13;;/h3-6,11,14,16,18H,7-10H2,1-2H3,(H,20,21);2*1H/t14-,16+,18-;;/m0../s1. The first-order valence-electron chi connectivity index (χ1n) is 8.28. The molecule has 0 bridgehead atoms. The zero-order chi connectivity index (χ0) is 16.0. The second kappa shape index (κ2) is 8.04. The zero-order valence-electron chi connectivity index (χ0n) is 14.5. The smallest absolute Gasteiger partial charge is 0.123 e. The SMILES string of the molecule is Cc1[nH]cnc1CN1C[C@@H]2CN(C)[C@@H](c3cccc(F)c3)[C@@H]2C1.Cl.Cl. The zero-order valence-corrected chi connectivity index (χ0v) is 16.1. The molecule has 0 aliphatic carbocycles. The molecule has 0 amide bonds. The van der Waals surface area contributed by atoms with Crippen molar-refractivity contribution in [1.29, 1.82) is 0 Å². The lowest BCUT2D eigenvalue weighted by Crippen LogP contribution is -2.29. The first kappa shape index (κ1) is 20.2. The van der Waals surface area contributed by atoms with E-state index < -0.39 is 0 Å². The third kappa shape index (κ3) is 3.85. The van der Waals surface area contributed by atoms with Crippen LogP contribution in [-0.2, 0) is 6.54 Å². The number of hydrogen-bond acceptors (Lipinski definition) is 3. The van der Waals surface area contributed by atoms with Crippen LogP contribution in [0, 0.1) is 24.6 Å². The highest BCUT2D eigenvalue weighted by molar-refractivity contribution is 5.85. The summed E-state index contributed by atoms with van der Waals surface area (Å²) in [5.41, 5.74) is 3.40. The molecule has 2 fully saturated rings. The lowest BCUT2D eigenvalue weighted by Gasteiger charge is -2.26. The summed E-state index contributed by atoms with van der Waals surface area (Å²) in [5.74, 6) is 1.09. The van der Waals surface area contributed by atoms with Gasteiger partial charge in [0.05, 0.1) is 12.0 Å².